The molecule has 0 aliphatic carbocycles. The Labute approximate surface area is 193 Å². The van der Waals surface area contributed by atoms with Crippen LogP contribution in [-0.2, 0) is 14.3 Å². The second kappa shape index (κ2) is 9.27. The zero-order valence-electron chi connectivity index (χ0n) is 17.2. The molecule has 3 heterocycles. The van der Waals surface area contributed by atoms with Crippen LogP contribution in [0.4, 0.5) is 5.69 Å². The van der Waals surface area contributed by atoms with Crippen LogP contribution in [0.2, 0.25) is 4.34 Å². The molecule has 32 heavy (non-hydrogen) atoms. The molecule has 9 nitrogen and oxygen atoms in total. The summed E-state index contributed by atoms with van der Waals surface area (Å²) in [7, 11) is 1.61. The number of amides is 4. The number of anilines is 1. The van der Waals surface area contributed by atoms with Crippen molar-refractivity contribution in [2.75, 3.05) is 38.3 Å². The molecule has 2 fully saturated rings. The Bertz CT molecular complexity index is 1060. The van der Waals surface area contributed by atoms with E-state index in [0.29, 0.717) is 33.6 Å². The van der Waals surface area contributed by atoms with Gasteiger partial charge in [0.25, 0.3) is 17.7 Å². The lowest BCUT2D eigenvalue weighted by Crippen LogP contribution is -2.52. The van der Waals surface area contributed by atoms with Crippen LogP contribution in [0.25, 0.3) is 0 Å². The van der Waals surface area contributed by atoms with Crippen LogP contribution in [0.1, 0.15) is 20.0 Å². The zero-order valence-corrected chi connectivity index (χ0v) is 18.7. The Morgan fingerprint density at radius 1 is 1.09 bits per heavy atom. The Kier molecular flexibility index (Phi) is 6.45. The molecule has 4 amide bonds. The van der Waals surface area contributed by atoms with Gasteiger partial charge < -0.3 is 25.2 Å². The number of hydrogen-bond donors (Lipinski definition) is 2. The number of nitrogens with one attached hydrogen (secondary N) is 2. The predicted octanol–water partition coefficient (Wildman–Crippen LogP) is 1.13. The van der Waals surface area contributed by atoms with E-state index in [1.54, 1.807) is 48.3 Å². The molecule has 0 spiro atoms. The van der Waals surface area contributed by atoms with Crippen molar-refractivity contribution in [1.82, 2.24) is 15.5 Å². The van der Waals surface area contributed by atoms with E-state index < -0.39 is 18.0 Å². The van der Waals surface area contributed by atoms with Crippen molar-refractivity contribution in [3.8, 4) is 0 Å². The van der Waals surface area contributed by atoms with Gasteiger partial charge in [0.1, 0.15) is 12.6 Å². The number of likely N-dealkylation sites (tertiary alicyclic amines) is 1. The Morgan fingerprint density at radius 2 is 1.84 bits per heavy atom. The number of hydrogen-bond acceptors (Lipinski definition) is 6. The van der Waals surface area contributed by atoms with Crippen molar-refractivity contribution >= 4 is 52.3 Å². The summed E-state index contributed by atoms with van der Waals surface area (Å²) in [4.78, 5) is 53.4. The summed E-state index contributed by atoms with van der Waals surface area (Å²) in [5, 5.41) is 5.54. The molecule has 2 N–H and O–H groups in total. The molecule has 2 atom stereocenters. The van der Waals surface area contributed by atoms with Crippen molar-refractivity contribution in [1.29, 1.82) is 0 Å². The number of thiophene rings is 1. The first kappa shape index (κ1) is 22.3. The highest BCUT2D eigenvalue weighted by Crippen LogP contribution is 2.22. The maximum atomic E-state index is 12.8. The fraction of sp³-hybridized carbons (Fsp3) is 0.333. The Hall–Kier alpha value is -2.95. The number of ether oxygens (including phenoxy) is 1. The van der Waals surface area contributed by atoms with Crippen molar-refractivity contribution < 1.29 is 23.9 Å². The van der Waals surface area contributed by atoms with E-state index in [1.165, 1.54) is 4.90 Å². The van der Waals surface area contributed by atoms with Gasteiger partial charge in [-0.1, -0.05) is 11.6 Å². The first-order valence-corrected chi connectivity index (χ1v) is 11.1. The zero-order chi connectivity index (χ0) is 22.8. The maximum absolute atomic E-state index is 12.8. The average Bonchev–Trinajstić information content (AvgIpc) is 3.33. The van der Waals surface area contributed by atoms with E-state index in [4.69, 9.17) is 16.3 Å². The predicted molar refractivity (Wildman–Crippen MR) is 119 cm³/mol. The van der Waals surface area contributed by atoms with E-state index in [-0.39, 0.29) is 30.9 Å². The van der Waals surface area contributed by atoms with Gasteiger partial charge in [-0.3, -0.25) is 19.2 Å². The maximum Gasteiger partial charge on any atom is 0.261 e. The van der Waals surface area contributed by atoms with Crippen molar-refractivity contribution in [2.24, 2.45) is 0 Å². The summed E-state index contributed by atoms with van der Waals surface area (Å²) in [6.45, 7) is 1.21. The number of carbonyl (C=O) groups is 4. The van der Waals surface area contributed by atoms with Gasteiger partial charge in [-0.2, -0.15) is 0 Å². The SMILES string of the molecule is CN1C[C@@H](NC(=O)c2ccc(Cl)s2)[C@@H](NC(=O)c2ccc(N3CCOCC3=O)cc2)C1=O. The normalized spacial score (nSPS) is 21.1. The fourth-order valence-corrected chi connectivity index (χ4v) is 4.62. The molecular formula is C21H21ClN4O5S. The molecule has 2 aromatic rings. The molecule has 2 saturated heterocycles. The summed E-state index contributed by atoms with van der Waals surface area (Å²) in [6, 6.07) is 8.30. The van der Waals surface area contributed by atoms with Crippen LogP contribution in [0.3, 0.4) is 0 Å². The van der Waals surface area contributed by atoms with Gasteiger partial charge in [0.05, 0.1) is 21.9 Å². The third-order valence-corrected chi connectivity index (χ3v) is 6.57. The number of halogens is 1. The Balaban J connectivity index is 1.43. The van der Waals surface area contributed by atoms with Crippen LogP contribution < -0.4 is 15.5 Å². The van der Waals surface area contributed by atoms with Crippen LogP contribution in [-0.4, -0.2) is 74.0 Å². The summed E-state index contributed by atoms with van der Waals surface area (Å²) in [5.74, 6) is -1.23. The van der Waals surface area contributed by atoms with Gasteiger partial charge in [-0.25, -0.2) is 0 Å². The summed E-state index contributed by atoms with van der Waals surface area (Å²) >= 11 is 7.03. The lowest BCUT2D eigenvalue weighted by atomic mass is 10.1. The molecule has 1 aromatic carbocycles. The van der Waals surface area contributed by atoms with E-state index in [9.17, 15) is 19.2 Å². The lowest BCUT2D eigenvalue weighted by molar-refractivity contribution is -0.128. The molecule has 2 aliphatic heterocycles. The van der Waals surface area contributed by atoms with Gasteiger partial charge in [-0.05, 0) is 36.4 Å². The molecule has 0 radical (unpaired) electrons. The summed E-state index contributed by atoms with van der Waals surface area (Å²) in [5.41, 5.74) is 1.01. The third kappa shape index (κ3) is 4.62. The van der Waals surface area contributed by atoms with Gasteiger partial charge in [-0.15, -0.1) is 11.3 Å². The molecule has 11 heteroatoms. The average molecular weight is 477 g/mol. The lowest BCUT2D eigenvalue weighted by Gasteiger charge is -2.27. The number of likely N-dealkylation sites (N-methyl/N-ethyl adjacent to an activating group) is 1. The summed E-state index contributed by atoms with van der Waals surface area (Å²) < 4.78 is 5.62. The van der Waals surface area contributed by atoms with Crippen molar-refractivity contribution in [3.05, 3.63) is 51.2 Å². The minimum absolute atomic E-state index is 0.0321. The smallest absolute Gasteiger partial charge is 0.261 e. The standard InChI is InChI=1S/C21H21ClN4O5S/c1-25-10-14(23-20(29)15-6-7-16(22)32-15)18(21(25)30)24-19(28)12-2-4-13(5-3-12)26-8-9-31-11-17(26)27/h2-7,14,18H,8-11H2,1H3,(H,23,29)(H,24,28)/t14-,18-/m1/s1. The quantitative estimate of drug-likeness (QED) is 0.672. The first-order valence-electron chi connectivity index (χ1n) is 9.93. The second-order valence-electron chi connectivity index (χ2n) is 7.50. The molecule has 1 aromatic heterocycles. The van der Waals surface area contributed by atoms with Crippen LogP contribution in [0.15, 0.2) is 36.4 Å². The summed E-state index contributed by atoms with van der Waals surface area (Å²) in [6.07, 6.45) is 0. The van der Waals surface area contributed by atoms with Gasteiger partial charge in [0.15, 0.2) is 0 Å². The van der Waals surface area contributed by atoms with Crippen molar-refractivity contribution in [2.45, 2.75) is 12.1 Å². The van der Waals surface area contributed by atoms with Gasteiger partial charge in [0.2, 0.25) is 5.91 Å². The minimum Gasteiger partial charge on any atom is -0.370 e. The topological polar surface area (TPSA) is 108 Å². The van der Waals surface area contributed by atoms with Crippen molar-refractivity contribution in [3.63, 3.8) is 0 Å². The van der Waals surface area contributed by atoms with E-state index in [1.807, 2.05) is 0 Å². The van der Waals surface area contributed by atoms with E-state index >= 15 is 0 Å². The molecular weight excluding hydrogens is 456 g/mol. The highest BCUT2D eigenvalue weighted by molar-refractivity contribution is 7.18. The number of morpholine rings is 1. The highest BCUT2D eigenvalue weighted by atomic mass is 35.5. The number of benzene rings is 1. The van der Waals surface area contributed by atoms with E-state index in [2.05, 4.69) is 10.6 Å². The van der Waals surface area contributed by atoms with E-state index in [0.717, 1.165) is 11.3 Å². The highest BCUT2D eigenvalue weighted by Gasteiger charge is 2.40. The molecule has 2 aliphatic rings. The fourth-order valence-electron chi connectivity index (χ4n) is 3.68. The molecule has 168 valence electrons. The monoisotopic (exact) mass is 476 g/mol. The molecule has 0 saturated carbocycles. The molecule has 0 unspecified atom stereocenters. The largest absolute Gasteiger partial charge is 0.370 e. The first-order chi connectivity index (χ1) is 15.3. The number of nitrogens with zero attached hydrogens (tertiary/aromatic N) is 2. The van der Waals surface area contributed by atoms with Gasteiger partial charge in [0, 0.05) is 31.4 Å². The third-order valence-electron chi connectivity index (χ3n) is 5.34. The number of rotatable bonds is 5. The molecule has 0 bridgehead atoms. The second-order valence-corrected chi connectivity index (χ2v) is 9.21. The van der Waals surface area contributed by atoms with Crippen LogP contribution in [0.5, 0.6) is 0 Å². The van der Waals surface area contributed by atoms with Gasteiger partial charge >= 0.3 is 0 Å². The minimum atomic E-state index is -0.896. The Morgan fingerprint density at radius 3 is 2.50 bits per heavy atom. The van der Waals surface area contributed by atoms with Crippen LogP contribution in [0, 0.1) is 0 Å². The molecule has 4 rings (SSSR count). The van der Waals surface area contributed by atoms with Crippen LogP contribution >= 0.6 is 22.9 Å². The number of carbonyl (C=O) groups excluding carboxylic acids is 4.